The highest BCUT2D eigenvalue weighted by Gasteiger charge is 2.26. The van der Waals surface area contributed by atoms with Gasteiger partial charge in [0.1, 0.15) is 5.82 Å². The summed E-state index contributed by atoms with van der Waals surface area (Å²) in [5.41, 5.74) is 1.02. The van der Waals surface area contributed by atoms with Crippen molar-refractivity contribution in [3.63, 3.8) is 0 Å². The number of benzene rings is 1. The fourth-order valence-electron chi connectivity index (χ4n) is 1.46. The lowest BCUT2D eigenvalue weighted by Crippen LogP contribution is -2.18. The van der Waals surface area contributed by atoms with Crippen LogP contribution in [0.4, 0.5) is 4.39 Å². The minimum atomic E-state index is -0.415. The Kier molecular flexibility index (Phi) is 1.40. The van der Waals surface area contributed by atoms with E-state index in [1.54, 1.807) is 19.2 Å². The maximum absolute atomic E-state index is 13.1. The lowest BCUT2D eigenvalue weighted by molar-refractivity contribution is 0.0813. The van der Waals surface area contributed by atoms with E-state index in [1.807, 2.05) is 0 Å². The predicted octanol–water partition coefficient (Wildman–Crippen LogP) is 1.41. The Morgan fingerprint density at radius 2 is 2.25 bits per heavy atom. The van der Waals surface area contributed by atoms with Crippen LogP contribution in [0.2, 0.25) is 0 Å². The summed E-state index contributed by atoms with van der Waals surface area (Å²) in [4.78, 5) is 12.8. The molecule has 1 amide bonds. The molecule has 0 atom stereocenters. The molecule has 0 N–H and O–H groups in total. The number of amides is 1. The molecule has 1 aliphatic heterocycles. The number of carbonyl (C=O) groups is 1. The second kappa shape index (κ2) is 2.30. The molecule has 62 valence electrons. The lowest BCUT2D eigenvalue weighted by Gasteiger charge is -2.04. The van der Waals surface area contributed by atoms with Crippen LogP contribution in [0.15, 0.2) is 18.2 Å². The molecule has 0 spiro atoms. The number of hydrogen-bond acceptors (Lipinski definition) is 1. The average molecular weight is 165 g/mol. The molecule has 1 aliphatic rings. The van der Waals surface area contributed by atoms with Crippen LogP contribution in [0.1, 0.15) is 15.9 Å². The lowest BCUT2D eigenvalue weighted by atomic mass is 10.1. The van der Waals surface area contributed by atoms with Crippen LogP contribution >= 0.6 is 0 Å². The zero-order chi connectivity index (χ0) is 8.72. The summed E-state index contributed by atoms with van der Waals surface area (Å²) >= 11 is 0. The molecule has 0 saturated heterocycles. The maximum atomic E-state index is 13.1. The van der Waals surface area contributed by atoms with Gasteiger partial charge in [-0.05, 0) is 11.6 Å². The molecule has 0 bridgehead atoms. The molecule has 0 unspecified atom stereocenters. The van der Waals surface area contributed by atoms with E-state index in [-0.39, 0.29) is 11.5 Å². The molecule has 1 aromatic rings. The Morgan fingerprint density at radius 1 is 1.50 bits per heavy atom. The van der Waals surface area contributed by atoms with Gasteiger partial charge in [-0.3, -0.25) is 4.79 Å². The largest absolute Gasteiger partial charge is 0.337 e. The summed E-state index contributed by atoms with van der Waals surface area (Å²) in [6, 6.07) is 4.72. The fourth-order valence-corrected chi connectivity index (χ4v) is 1.46. The van der Waals surface area contributed by atoms with Gasteiger partial charge >= 0.3 is 0 Å². The zero-order valence-electron chi connectivity index (χ0n) is 6.67. The van der Waals surface area contributed by atoms with Crippen molar-refractivity contribution in [3.8, 4) is 0 Å². The summed E-state index contributed by atoms with van der Waals surface area (Å²) in [6.07, 6.45) is 0. The molecule has 2 nitrogen and oxygen atoms in total. The first-order valence-corrected chi connectivity index (χ1v) is 3.73. The number of hydrogen-bond donors (Lipinski definition) is 0. The van der Waals surface area contributed by atoms with E-state index in [4.69, 9.17) is 0 Å². The Morgan fingerprint density at radius 3 is 2.92 bits per heavy atom. The van der Waals surface area contributed by atoms with Gasteiger partial charge in [-0.15, -0.1) is 0 Å². The van der Waals surface area contributed by atoms with Crippen molar-refractivity contribution in [2.75, 3.05) is 7.05 Å². The number of nitrogens with zero attached hydrogens (tertiary/aromatic N) is 1. The second-order valence-corrected chi connectivity index (χ2v) is 2.94. The highest BCUT2D eigenvalue weighted by molar-refractivity contribution is 5.98. The third-order valence-corrected chi connectivity index (χ3v) is 2.07. The van der Waals surface area contributed by atoms with Crippen molar-refractivity contribution < 1.29 is 9.18 Å². The predicted molar refractivity (Wildman–Crippen MR) is 42.2 cm³/mol. The fraction of sp³-hybridized carbons (Fsp3) is 0.222. The van der Waals surface area contributed by atoms with Crippen molar-refractivity contribution in [2.45, 2.75) is 6.54 Å². The summed E-state index contributed by atoms with van der Waals surface area (Å²) < 4.78 is 13.1. The summed E-state index contributed by atoms with van der Waals surface area (Å²) in [6.45, 7) is 0.520. The van der Waals surface area contributed by atoms with E-state index in [9.17, 15) is 9.18 Å². The minimum Gasteiger partial charge on any atom is -0.337 e. The van der Waals surface area contributed by atoms with Gasteiger partial charge in [0.25, 0.3) is 5.91 Å². The second-order valence-electron chi connectivity index (χ2n) is 2.94. The van der Waals surface area contributed by atoms with Crippen molar-refractivity contribution in [3.05, 3.63) is 35.1 Å². The van der Waals surface area contributed by atoms with Crippen molar-refractivity contribution in [2.24, 2.45) is 0 Å². The number of carbonyl (C=O) groups excluding carboxylic acids is 1. The van der Waals surface area contributed by atoms with Crippen LogP contribution in [0.5, 0.6) is 0 Å². The van der Waals surface area contributed by atoms with Gasteiger partial charge in [-0.25, -0.2) is 4.39 Å². The van der Waals surface area contributed by atoms with E-state index in [2.05, 4.69) is 0 Å². The normalized spacial score (nSPS) is 15.2. The van der Waals surface area contributed by atoms with Crippen LogP contribution < -0.4 is 0 Å². The van der Waals surface area contributed by atoms with Crippen LogP contribution in [0.25, 0.3) is 0 Å². The molecule has 0 saturated carbocycles. The molecule has 3 heteroatoms. The van der Waals surface area contributed by atoms with Gasteiger partial charge in [0, 0.05) is 13.6 Å². The Labute approximate surface area is 69.6 Å². The number of halogens is 1. The van der Waals surface area contributed by atoms with Gasteiger partial charge in [0.2, 0.25) is 0 Å². The van der Waals surface area contributed by atoms with Gasteiger partial charge in [-0.1, -0.05) is 12.1 Å². The maximum Gasteiger partial charge on any atom is 0.257 e. The van der Waals surface area contributed by atoms with E-state index in [0.29, 0.717) is 6.54 Å². The quantitative estimate of drug-likeness (QED) is 0.569. The Balaban J connectivity index is 2.62. The molecule has 12 heavy (non-hydrogen) atoms. The molecular weight excluding hydrogens is 157 g/mol. The standard InChI is InChI=1S/C9H8FNO/c1-11-5-6-3-2-4-7(10)8(6)9(11)12/h2-4H,5H2,1H3. The summed E-state index contributed by atoms with van der Waals surface area (Å²) in [5.74, 6) is -0.634. The first kappa shape index (κ1) is 7.28. The van der Waals surface area contributed by atoms with Crippen molar-refractivity contribution >= 4 is 5.91 Å². The van der Waals surface area contributed by atoms with Gasteiger partial charge < -0.3 is 4.90 Å². The third-order valence-electron chi connectivity index (χ3n) is 2.07. The van der Waals surface area contributed by atoms with Crippen LogP contribution in [0.3, 0.4) is 0 Å². The minimum absolute atomic E-state index is 0.219. The van der Waals surface area contributed by atoms with Gasteiger partial charge in [0.05, 0.1) is 5.56 Å². The number of fused-ring (bicyclic) bond motifs is 1. The first-order chi connectivity index (χ1) is 5.70. The zero-order valence-corrected chi connectivity index (χ0v) is 6.67. The highest BCUT2D eigenvalue weighted by Crippen LogP contribution is 2.23. The first-order valence-electron chi connectivity index (χ1n) is 3.73. The molecule has 2 rings (SSSR count). The molecule has 1 heterocycles. The SMILES string of the molecule is CN1Cc2cccc(F)c2C1=O. The molecule has 0 aliphatic carbocycles. The Bertz CT molecular complexity index is 348. The molecule has 0 fully saturated rings. The topological polar surface area (TPSA) is 20.3 Å². The van der Waals surface area contributed by atoms with Gasteiger partial charge in [0.15, 0.2) is 0 Å². The third kappa shape index (κ3) is 0.826. The summed E-state index contributed by atoms with van der Waals surface area (Å²) in [5, 5.41) is 0. The molecule has 0 aromatic heterocycles. The Hall–Kier alpha value is -1.38. The molecule has 1 aromatic carbocycles. The van der Waals surface area contributed by atoms with Gasteiger partial charge in [-0.2, -0.15) is 0 Å². The van der Waals surface area contributed by atoms with Crippen LogP contribution in [-0.2, 0) is 6.54 Å². The number of rotatable bonds is 0. The summed E-state index contributed by atoms with van der Waals surface area (Å²) in [7, 11) is 1.67. The molecule has 0 radical (unpaired) electrons. The van der Waals surface area contributed by atoms with E-state index in [0.717, 1.165) is 5.56 Å². The van der Waals surface area contributed by atoms with Crippen LogP contribution in [0, 0.1) is 5.82 Å². The monoisotopic (exact) mass is 165 g/mol. The highest BCUT2D eigenvalue weighted by atomic mass is 19.1. The van der Waals surface area contributed by atoms with E-state index < -0.39 is 5.82 Å². The van der Waals surface area contributed by atoms with E-state index in [1.165, 1.54) is 11.0 Å². The average Bonchev–Trinajstić information content (AvgIpc) is 2.29. The smallest absolute Gasteiger partial charge is 0.257 e. The van der Waals surface area contributed by atoms with Crippen molar-refractivity contribution in [1.82, 2.24) is 4.90 Å². The molecular formula is C9H8FNO. The van der Waals surface area contributed by atoms with Crippen molar-refractivity contribution in [1.29, 1.82) is 0 Å². The van der Waals surface area contributed by atoms with E-state index >= 15 is 0 Å². The van der Waals surface area contributed by atoms with Crippen LogP contribution in [-0.4, -0.2) is 17.9 Å².